The number of nitro benzene ring substituents is 4. The molecule has 4 heterocycles. The SMILES string of the molecule is O=C1C2C(C(=O)N1c1ccc(Cl)c([N+](=O)[O-])c1)N1C(c3cccc([N+](=O)[O-])c3)C3C(=O)N(c4ccc(Cl)c([N+](=O)[O-])c4)C(=O)C3N1C2c1cccc([N+](=O)[O-])c1. The highest BCUT2D eigenvalue weighted by molar-refractivity contribution is 6.33. The van der Waals surface area contributed by atoms with Crippen molar-refractivity contribution in [3.63, 3.8) is 0 Å². The Morgan fingerprint density at radius 1 is 0.464 bits per heavy atom. The van der Waals surface area contributed by atoms with Gasteiger partial charge < -0.3 is 0 Å². The minimum atomic E-state index is -1.57. The van der Waals surface area contributed by atoms with Crippen LogP contribution < -0.4 is 9.80 Å². The van der Waals surface area contributed by atoms with Crippen LogP contribution in [0.5, 0.6) is 0 Å². The van der Waals surface area contributed by atoms with Crippen molar-refractivity contribution >= 4 is 81.0 Å². The van der Waals surface area contributed by atoms with Crippen LogP contribution in [0.4, 0.5) is 34.1 Å². The molecule has 22 heteroatoms. The van der Waals surface area contributed by atoms with Gasteiger partial charge in [0.25, 0.3) is 34.6 Å². The molecule has 4 aliphatic heterocycles. The van der Waals surface area contributed by atoms with Crippen LogP contribution in [0.2, 0.25) is 10.0 Å². The van der Waals surface area contributed by atoms with Crippen molar-refractivity contribution in [2.75, 3.05) is 9.80 Å². The largest absolute Gasteiger partial charge is 0.289 e. The van der Waals surface area contributed by atoms with Crippen LogP contribution in [0.15, 0.2) is 84.9 Å². The van der Waals surface area contributed by atoms with Gasteiger partial charge in [0.05, 0.1) is 55.0 Å². The molecule has 0 aromatic heterocycles. The number of amides is 4. The molecule has 4 aromatic rings. The Morgan fingerprint density at radius 2 is 0.839 bits per heavy atom. The van der Waals surface area contributed by atoms with E-state index in [1.807, 2.05) is 0 Å². The van der Waals surface area contributed by atoms with Crippen LogP contribution in [0, 0.1) is 52.3 Å². The van der Waals surface area contributed by atoms with Crippen LogP contribution in [0.3, 0.4) is 0 Å². The van der Waals surface area contributed by atoms with Crippen molar-refractivity contribution in [1.82, 2.24) is 10.0 Å². The molecule has 6 unspecified atom stereocenters. The molecule has 0 N–H and O–H groups in total. The fraction of sp³-hybridized carbons (Fsp3) is 0.176. The number of benzene rings is 4. The molecule has 56 heavy (non-hydrogen) atoms. The van der Waals surface area contributed by atoms with E-state index in [0.29, 0.717) is 9.80 Å². The van der Waals surface area contributed by atoms with Gasteiger partial charge in [-0.1, -0.05) is 47.5 Å². The van der Waals surface area contributed by atoms with Crippen LogP contribution in [-0.4, -0.2) is 65.4 Å². The zero-order valence-corrected chi connectivity index (χ0v) is 29.3. The number of fused-ring (bicyclic) bond motifs is 5. The molecule has 20 nitrogen and oxygen atoms in total. The van der Waals surface area contributed by atoms with Crippen LogP contribution >= 0.6 is 23.2 Å². The third-order valence-electron chi connectivity index (χ3n) is 10.3. The van der Waals surface area contributed by atoms with Crippen molar-refractivity contribution in [2.45, 2.75) is 24.2 Å². The van der Waals surface area contributed by atoms with Gasteiger partial charge in [0.2, 0.25) is 11.8 Å². The predicted octanol–water partition coefficient (Wildman–Crippen LogP) is 5.07. The van der Waals surface area contributed by atoms with E-state index in [1.54, 1.807) is 0 Å². The summed E-state index contributed by atoms with van der Waals surface area (Å²) in [6.07, 6.45) is 0. The smallest absolute Gasteiger partial charge is 0.274 e. The normalized spacial score (nSPS) is 24.4. The van der Waals surface area contributed by atoms with Crippen molar-refractivity contribution in [3.8, 4) is 0 Å². The maximum Gasteiger partial charge on any atom is 0.289 e. The van der Waals surface area contributed by atoms with Gasteiger partial charge in [-0.2, -0.15) is 0 Å². The summed E-state index contributed by atoms with van der Waals surface area (Å²) < 4.78 is 0. The number of halogens is 2. The number of imide groups is 2. The molecule has 0 saturated carbocycles. The van der Waals surface area contributed by atoms with Crippen molar-refractivity contribution in [2.24, 2.45) is 11.8 Å². The number of carbonyl (C=O) groups is 4. The topological polar surface area (TPSA) is 254 Å². The molecule has 4 amide bonds. The molecule has 4 saturated heterocycles. The first-order valence-electron chi connectivity index (χ1n) is 16.3. The van der Waals surface area contributed by atoms with Crippen molar-refractivity contribution < 1.29 is 38.9 Å². The summed E-state index contributed by atoms with van der Waals surface area (Å²) in [7, 11) is 0. The summed E-state index contributed by atoms with van der Waals surface area (Å²) in [5, 5.41) is 49.5. The summed E-state index contributed by atoms with van der Waals surface area (Å²) >= 11 is 12.0. The highest BCUT2D eigenvalue weighted by atomic mass is 35.5. The number of hydrogen-bond acceptors (Lipinski definition) is 14. The van der Waals surface area contributed by atoms with Gasteiger partial charge in [-0.15, -0.1) is 0 Å². The summed E-state index contributed by atoms with van der Waals surface area (Å²) in [6.45, 7) is 0. The van der Waals surface area contributed by atoms with E-state index < -0.39 is 102 Å². The maximum atomic E-state index is 14.7. The van der Waals surface area contributed by atoms with Gasteiger partial charge in [-0.05, 0) is 35.4 Å². The fourth-order valence-electron chi connectivity index (χ4n) is 8.21. The number of nitrogens with zero attached hydrogens (tertiary/aromatic N) is 8. The van der Waals surface area contributed by atoms with E-state index in [4.69, 9.17) is 23.2 Å². The molecule has 0 aliphatic carbocycles. The first kappa shape index (κ1) is 36.2. The summed E-state index contributed by atoms with van der Waals surface area (Å²) in [5.41, 5.74) is -2.41. The van der Waals surface area contributed by atoms with Gasteiger partial charge in [0.15, 0.2) is 0 Å². The van der Waals surface area contributed by atoms with Gasteiger partial charge in [0.1, 0.15) is 22.1 Å². The van der Waals surface area contributed by atoms with Crippen molar-refractivity contribution in [3.05, 3.63) is 147 Å². The summed E-state index contributed by atoms with van der Waals surface area (Å²) in [6, 6.07) is 10.7. The average molecular weight is 803 g/mol. The molecule has 4 aliphatic rings. The predicted molar refractivity (Wildman–Crippen MR) is 191 cm³/mol. The van der Waals surface area contributed by atoms with E-state index in [1.165, 1.54) is 58.5 Å². The molecule has 0 spiro atoms. The third-order valence-corrected chi connectivity index (χ3v) is 11.0. The molecular weight excluding hydrogens is 783 g/mol. The lowest BCUT2D eigenvalue weighted by Gasteiger charge is -2.35. The highest BCUT2D eigenvalue weighted by Gasteiger charge is 2.74. The molecule has 8 rings (SSSR count). The van der Waals surface area contributed by atoms with E-state index in [9.17, 15) is 59.6 Å². The number of carbonyl (C=O) groups excluding carboxylic acids is 4. The number of rotatable bonds is 8. The van der Waals surface area contributed by atoms with Crippen LogP contribution in [-0.2, 0) is 19.2 Å². The lowest BCUT2D eigenvalue weighted by atomic mass is 9.84. The highest BCUT2D eigenvalue weighted by Crippen LogP contribution is 2.60. The minimum Gasteiger partial charge on any atom is -0.274 e. The molecule has 4 aromatic carbocycles. The lowest BCUT2D eigenvalue weighted by Crippen LogP contribution is -2.50. The van der Waals surface area contributed by atoms with Gasteiger partial charge in [0, 0.05) is 36.4 Å². The van der Waals surface area contributed by atoms with E-state index >= 15 is 0 Å². The second kappa shape index (κ2) is 12.9. The molecule has 4 fully saturated rings. The van der Waals surface area contributed by atoms with E-state index in [2.05, 4.69) is 0 Å². The Bertz CT molecular complexity index is 2350. The Hall–Kier alpha value is -6.74. The molecule has 0 radical (unpaired) electrons. The van der Waals surface area contributed by atoms with E-state index in [-0.39, 0.29) is 32.5 Å². The fourth-order valence-corrected chi connectivity index (χ4v) is 8.58. The first-order valence-corrected chi connectivity index (χ1v) is 17.1. The number of non-ortho nitro benzene ring substituents is 2. The maximum absolute atomic E-state index is 14.7. The lowest BCUT2D eigenvalue weighted by molar-refractivity contribution is -0.385. The first-order chi connectivity index (χ1) is 26.6. The summed E-state index contributed by atoms with van der Waals surface area (Å²) in [5.74, 6) is -6.69. The Labute approximate surface area is 321 Å². The zero-order chi connectivity index (χ0) is 40.1. The molecule has 6 atom stereocenters. The molecule has 282 valence electrons. The minimum absolute atomic E-state index is 0.0704. The van der Waals surface area contributed by atoms with Crippen LogP contribution in [0.25, 0.3) is 0 Å². The number of anilines is 2. The van der Waals surface area contributed by atoms with Gasteiger partial charge in [-0.3, -0.25) is 59.6 Å². The zero-order valence-electron chi connectivity index (χ0n) is 27.8. The van der Waals surface area contributed by atoms with E-state index in [0.717, 1.165) is 36.4 Å². The second-order valence-electron chi connectivity index (χ2n) is 13.1. The van der Waals surface area contributed by atoms with Crippen LogP contribution in [0.1, 0.15) is 23.2 Å². The third kappa shape index (κ3) is 5.21. The standard InChI is InChI=1S/C34H20Cl2N8O12/c35-21-9-7-17(13-23(21)43(53)54)37-31(45)25-27(15-3-1-5-19(11-15)41(49)50)39-30-26(32(46)38(34(30)48)18-8-10-22(36)24(14-18)44(55)56)28(40(39)29(25)33(37)47)16-4-2-6-20(12-16)42(51)52/h1-14,25-30H. The average Bonchev–Trinajstić information content (AvgIpc) is 3.83. The quantitative estimate of drug-likeness (QED) is 0.128. The molecule has 0 bridgehead atoms. The van der Waals surface area contributed by atoms with Crippen molar-refractivity contribution in [1.29, 1.82) is 0 Å². The second-order valence-corrected chi connectivity index (χ2v) is 13.9. The Kier molecular flexibility index (Phi) is 8.38. The monoisotopic (exact) mass is 802 g/mol. The molecular formula is C34H20Cl2N8O12. The Morgan fingerprint density at radius 3 is 1.18 bits per heavy atom. The number of nitro groups is 4. The van der Waals surface area contributed by atoms with Gasteiger partial charge in [-0.25, -0.2) is 19.8 Å². The number of hydrazine groups is 1. The summed E-state index contributed by atoms with van der Waals surface area (Å²) in [4.78, 5) is 104. The Balaban J connectivity index is 1.36. The number of hydrogen-bond donors (Lipinski definition) is 0. The van der Waals surface area contributed by atoms with Gasteiger partial charge >= 0.3 is 0 Å².